The van der Waals surface area contributed by atoms with Gasteiger partial charge >= 0.3 is 0 Å². The maximum atomic E-state index is 3.95. The van der Waals surface area contributed by atoms with Gasteiger partial charge < -0.3 is 0 Å². The van der Waals surface area contributed by atoms with E-state index >= 15 is 0 Å². The average Bonchev–Trinajstić information content (AvgIpc) is 2.77. The lowest BCUT2D eigenvalue weighted by Crippen LogP contribution is -1.83. The quantitative estimate of drug-likeness (QED) is 0.683. The van der Waals surface area contributed by atoms with Gasteiger partial charge in [0, 0.05) is 13.2 Å². The van der Waals surface area contributed by atoms with Gasteiger partial charge in [-0.25, -0.2) is 0 Å². The van der Waals surface area contributed by atoms with Crippen LogP contribution in [0.3, 0.4) is 0 Å². The highest BCUT2D eigenvalue weighted by Gasteiger charge is 1.86. The zero-order valence-corrected chi connectivity index (χ0v) is 10.6. The van der Waals surface area contributed by atoms with Crippen LogP contribution < -0.4 is 0 Å². The second-order valence-corrected chi connectivity index (χ2v) is 3.62. The number of benzene rings is 1. The molecule has 1 heterocycles. The molecule has 0 atom stereocenters. The van der Waals surface area contributed by atoms with Crippen molar-refractivity contribution in [2.75, 3.05) is 0 Å². The predicted octanol–water partition coefficient (Wildman–Crippen LogP) is 3.04. The van der Waals surface area contributed by atoms with Crippen molar-refractivity contribution in [1.29, 1.82) is 0 Å². The van der Waals surface area contributed by atoms with E-state index in [1.165, 1.54) is 5.56 Å². The van der Waals surface area contributed by atoms with Gasteiger partial charge in [-0.05, 0) is 18.9 Å². The molecule has 0 aliphatic heterocycles. The number of aromatic nitrogens is 2. The van der Waals surface area contributed by atoms with Gasteiger partial charge in [0.1, 0.15) is 0 Å². The van der Waals surface area contributed by atoms with Gasteiger partial charge in [0.15, 0.2) is 0 Å². The van der Waals surface area contributed by atoms with Crippen LogP contribution in [-0.2, 0) is 13.5 Å². The molecule has 2 rings (SSSR count). The highest BCUT2D eigenvalue weighted by atomic mass is 15.2. The fourth-order valence-corrected chi connectivity index (χ4v) is 1.34. The molecule has 0 spiro atoms. The fourth-order valence-electron chi connectivity index (χ4n) is 1.34. The Balaban J connectivity index is 0.000000171. The minimum Gasteiger partial charge on any atom is -0.275 e. The maximum absolute atomic E-state index is 3.95. The number of hydrogen-bond donors (Lipinski definition) is 0. The number of rotatable bonds is 1. The van der Waals surface area contributed by atoms with Crippen LogP contribution in [0.2, 0.25) is 0 Å². The summed E-state index contributed by atoms with van der Waals surface area (Å²) in [6.45, 7) is 3.97. The SMILES string of the molecule is CC#Cc1cnn(C)c1.CCc1ccccc1. The second kappa shape index (κ2) is 7.29. The minimum absolute atomic E-state index is 0.972. The van der Waals surface area contributed by atoms with Crippen molar-refractivity contribution in [2.45, 2.75) is 20.3 Å². The van der Waals surface area contributed by atoms with E-state index in [1.54, 1.807) is 10.9 Å². The number of nitrogens with zero attached hydrogens (tertiary/aromatic N) is 2. The Labute approximate surface area is 103 Å². The van der Waals surface area contributed by atoms with Crippen LogP contribution in [0.25, 0.3) is 0 Å². The molecular weight excluding hydrogens is 208 g/mol. The summed E-state index contributed by atoms with van der Waals surface area (Å²) >= 11 is 0. The van der Waals surface area contributed by atoms with E-state index in [0.717, 1.165) is 12.0 Å². The zero-order valence-electron chi connectivity index (χ0n) is 10.6. The molecule has 0 unspecified atom stereocenters. The molecular formula is C15H18N2. The lowest BCUT2D eigenvalue weighted by Gasteiger charge is -1.89. The third-order valence-electron chi connectivity index (χ3n) is 2.23. The molecule has 0 radical (unpaired) electrons. The van der Waals surface area contributed by atoms with E-state index in [9.17, 15) is 0 Å². The summed E-state index contributed by atoms with van der Waals surface area (Å²) in [6.07, 6.45) is 4.77. The zero-order chi connectivity index (χ0) is 12.5. The Morgan fingerprint density at radius 3 is 2.35 bits per heavy atom. The summed E-state index contributed by atoms with van der Waals surface area (Å²) < 4.78 is 1.74. The van der Waals surface area contributed by atoms with Crippen molar-refractivity contribution in [2.24, 2.45) is 7.05 Å². The molecule has 88 valence electrons. The second-order valence-electron chi connectivity index (χ2n) is 3.62. The van der Waals surface area contributed by atoms with Crippen LogP contribution >= 0.6 is 0 Å². The van der Waals surface area contributed by atoms with Crippen molar-refractivity contribution < 1.29 is 0 Å². The van der Waals surface area contributed by atoms with Crippen LogP contribution in [0.15, 0.2) is 42.7 Å². The van der Waals surface area contributed by atoms with Gasteiger partial charge in [-0.1, -0.05) is 43.2 Å². The third-order valence-corrected chi connectivity index (χ3v) is 2.23. The fraction of sp³-hybridized carbons (Fsp3) is 0.267. The van der Waals surface area contributed by atoms with Gasteiger partial charge in [-0.3, -0.25) is 4.68 Å². The molecule has 2 nitrogen and oxygen atoms in total. The first-order valence-electron chi connectivity index (χ1n) is 5.71. The smallest absolute Gasteiger partial charge is 0.0646 e. The Bertz CT molecular complexity index is 486. The molecule has 1 aromatic carbocycles. The minimum atomic E-state index is 0.972. The Hall–Kier alpha value is -2.01. The Morgan fingerprint density at radius 2 is 1.94 bits per heavy atom. The summed E-state index contributed by atoms with van der Waals surface area (Å²) in [5, 5.41) is 3.95. The standard InChI is InChI=1S/C8H10.C7H8N2/c1-2-8-6-4-3-5-7-8;1-3-4-7-5-8-9(2)6-7/h3-7H,2H2,1H3;5-6H,1-2H3. The van der Waals surface area contributed by atoms with Crippen LogP contribution in [-0.4, -0.2) is 9.78 Å². The predicted molar refractivity (Wildman–Crippen MR) is 71.6 cm³/mol. The Kier molecular flexibility index (Phi) is 5.60. The molecule has 0 bridgehead atoms. The molecule has 0 fully saturated rings. The largest absolute Gasteiger partial charge is 0.275 e. The van der Waals surface area contributed by atoms with Gasteiger partial charge in [0.05, 0.1) is 11.8 Å². The van der Waals surface area contributed by atoms with Crippen molar-refractivity contribution >= 4 is 0 Å². The topological polar surface area (TPSA) is 17.8 Å². The van der Waals surface area contributed by atoms with Gasteiger partial charge in [0.25, 0.3) is 0 Å². The third kappa shape index (κ3) is 5.03. The van der Waals surface area contributed by atoms with Crippen LogP contribution in [0, 0.1) is 11.8 Å². The Morgan fingerprint density at radius 1 is 1.24 bits per heavy atom. The normalized spacial score (nSPS) is 8.65. The molecule has 0 aliphatic rings. The van der Waals surface area contributed by atoms with E-state index in [4.69, 9.17) is 0 Å². The van der Waals surface area contributed by atoms with Crippen molar-refractivity contribution in [3.8, 4) is 11.8 Å². The van der Waals surface area contributed by atoms with E-state index < -0.39 is 0 Å². The van der Waals surface area contributed by atoms with E-state index in [-0.39, 0.29) is 0 Å². The lowest BCUT2D eigenvalue weighted by atomic mass is 10.2. The van der Waals surface area contributed by atoms with Crippen LogP contribution in [0.1, 0.15) is 25.0 Å². The molecule has 2 aromatic rings. The first kappa shape index (κ1) is 13.1. The molecule has 17 heavy (non-hydrogen) atoms. The van der Waals surface area contributed by atoms with Gasteiger partial charge in [-0.15, -0.1) is 5.92 Å². The van der Waals surface area contributed by atoms with Crippen molar-refractivity contribution in [3.05, 3.63) is 53.9 Å². The van der Waals surface area contributed by atoms with Gasteiger partial charge in [0.2, 0.25) is 0 Å². The highest BCUT2D eigenvalue weighted by Crippen LogP contribution is 1.96. The maximum Gasteiger partial charge on any atom is 0.0646 e. The molecule has 0 saturated heterocycles. The van der Waals surface area contributed by atoms with Crippen molar-refractivity contribution in [3.63, 3.8) is 0 Å². The van der Waals surface area contributed by atoms with Gasteiger partial charge in [-0.2, -0.15) is 5.10 Å². The molecule has 1 aromatic heterocycles. The summed E-state index contributed by atoms with van der Waals surface area (Å²) in [6, 6.07) is 10.5. The summed E-state index contributed by atoms with van der Waals surface area (Å²) in [7, 11) is 1.88. The lowest BCUT2D eigenvalue weighted by molar-refractivity contribution is 0.767. The summed E-state index contributed by atoms with van der Waals surface area (Å²) in [5.41, 5.74) is 2.38. The van der Waals surface area contributed by atoms with Crippen LogP contribution in [0.5, 0.6) is 0 Å². The van der Waals surface area contributed by atoms with Crippen LogP contribution in [0.4, 0.5) is 0 Å². The van der Waals surface area contributed by atoms with Crippen molar-refractivity contribution in [1.82, 2.24) is 9.78 Å². The number of aryl methyl sites for hydroxylation is 2. The summed E-state index contributed by atoms with van der Waals surface area (Å²) in [4.78, 5) is 0. The molecule has 0 saturated carbocycles. The monoisotopic (exact) mass is 226 g/mol. The highest BCUT2D eigenvalue weighted by molar-refractivity contribution is 5.28. The molecule has 0 N–H and O–H groups in total. The molecule has 0 amide bonds. The van der Waals surface area contributed by atoms with E-state index in [0.29, 0.717) is 0 Å². The average molecular weight is 226 g/mol. The molecule has 2 heteroatoms. The van der Waals surface area contributed by atoms with E-state index in [1.807, 2.05) is 26.2 Å². The van der Waals surface area contributed by atoms with E-state index in [2.05, 4.69) is 48.1 Å². The first-order chi connectivity index (χ1) is 8.26. The summed E-state index contributed by atoms with van der Waals surface area (Å²) in [5.74, 6) is 5.69. The molecule has 0 aliphatic carbocycles. The number of hydrogen-bond acceptors (Lipinski definition) is 1. The first-order valence-corrected chi connectivity index (χ1v) is 5.71.